The lowest BCUT2D eigenvalue weighted by atomic mass is 10.2. The Hall–Kier alpha value is -1.46. The zero-order valence-electron chi connectivity index (χ0n) is 8.71. The van der Waals surface area contributed by atoms with Crippen molar-refractivity contribution in [2.24, 2.45) is 0 Å². The Morgan fingerprint density at radius 2 is 2.25 bits per heavy atom. The molecule has 0 bridgehead atoms. The van der Waals surface area contributed by atoms with Crippen LogP contribution in [0.1, 0.15) is 6.92 Å². The van der Waals surface area contributed by atoms with Gasteiger partial charge < -0.3 is 9.29 Å². The molecule has 2 aromatic rings. The minimum atomic E-state index is -2.01. The zero-order chi connectivity index (χ0) is 11.5. The fourth-order valence-electron chi connectivity index (χ4n) is 1.54. The summed E-state index contributed by atoms with van der Waals surface area (Å²) in [5.41, 5.74) is 0.615. The van der Waals surface area contributed by atoms with Gasteiger partial charge in [-0.3, -0.25) is 4.98 Å². The number of fused-ring (bicyclic) bond motifs is 1. The molecular formula is C11H11NO3S. The fraction of sp³-hybridized carbons (Fsp3) is 0.182. The average molecular weight is 237 g/mol. The Morgan fingerprint density at radius 3 is 2.94 bits per heavy atom. The SMILES string of the molecule is CCOc1ccc(S(=O)O)c2cccnc12. The van der Waals surface area contributed by atoms with Crippen LogP contribution in [0.25, 0.3) is 10.9 Å². The van der Waals surface area contributed by atoms with Gasteiger partial charge in [-0.25, -0.2) is 4.21 Å². The molecule has 1 unspecified atom stereocenters. The van der Waals surface area contributed by atoms with Gasteiger partial charge in [0, 0.05) is 11.6 Å². The second-order valence-electron chi connectivity index (χ2n) is 3.14. The van der Waals surface area contributed by atoms with Crippen LogP contribution in [-0.2, 0) is 11.1 Å². The molecule has 1 aromatic carbocycles. The van der Waals surface area contributed by atoms with Gasteiger partial charge in [0.1, 0.15) is 11.3 Å². The van der Waals surface area contributed by atoms with Gasteiger partial charge in [0.15, 0.2) is 11.1 Å². The highest BCUT2D eigenvalue weighted by Gasteiger charge is 2.10. The minimum absolute atomic E-state index is 0.353. The third kappa shape index (κ3) is 1.91. The molecule has 0 fully saturated rings. The van der Waals surface area contributed by atoms with E-state index >= 15 is 0 Å². The number of pyridine rings is 1. The molecule has 0 aliphatic heterocycles. The first-order valence-electron chi connectivity index (χ1n) is 4.85. The molecule has 16 heavy (non-hydrogen) atoms. The largest absolute Gasteiger partial charge is 0.492 e. The van der Waals surface area contributed by atoms with Crippen molar-refractivity contribution in [1.82, 2.24) is 4.98 Å². The van der Waals surface area contributed by atoms with Gasteiger partial charge >= 0.3 is 0 Å². The highest BCUT2D eigenvalue weighted by Crippen LogP contribution is 2.28. The molecule has 1 aromatic heterocycles. The molecule has 0 saturated carbocycles. The number of rotatable bonds is 3. The third-order valence-electron chi connectivity index (χ3n) is 2.18. The number of hydrogen-bond acceptors (Lipinski definition) is 3. The highest BCUT2D eigenvalue weighted by atomic mass is 32.2. The van der Waals surface area contributed by atoms with Gasteiger partial charge in [0.25, 0.3) is 0 Å². The summed E-state index contributed by atoms with van der Waals surface area (Å²) < 4.78 is 25.7. The Morgan fingerprint density at radius 1 is 1.44 bits per heavy atom. The molecule has 84 valence electrons. The van der Waals surface area contributed by atoms with Gasteiger partial charge in [-0.2, -0.15) is 0 Å². The lowest BCUT2D eigenvalue weighted by Gasteiger charge is -2.08. The summed E-state index contributed by atoms with van der Waals surface area (Å²) >= 11 is -2.01. The summed E-state index contributed by atoms with van der Waals surface area (Å²) in [5.74, 6) is 0.632. The predicted octanol–water partition coefficient (Wildman–Crippen LogP) is 2.21. The molecule has 1 heterocycles. The molecule has 1 N–H and O–H groups in total. The highest BCUT2D eigenvalue weighted by molar-refractivity contribution is 7.79. The Labute approximate surface area is 95.6 Å². The maximum absolute atomic E-state index is 11.1. The van der Waals surface area contributed by atoms with Gasteiger partial charge in [-0.15, -0.1) is 0 Å². The van der Waals surface area contributed by atoms with Crippen molar-refractivity contribution in [3.63, 3.8) is 0 Å². The van der Waals surface area contributed by atoms with E-state index in [1.807, 2.05) is 6.92 Å². The fourth-order valence-corrected chi connectivity index (χ4v) is 2.08. The Balaban J connectivity index is 2.71. The molecule has 0 amide bonds. The quantitative estimate of drug-likeness (QED) is 0.831. The number of aromatic nitrogens is 1. The molecule has 0 saturated heterocycles. The van der Waals surface area contributed by atoms with E-state index in [-0.39, 0.29) is 0 Å². The Bertz CT molecular complexity index is 542. The number of ether oxygens (including phenoxy) is 1. The van der Waals surface area contributed by atoms with Crippen molar-refractivity contribution in [3.05, 3.63) is 30.5 Å². The second kappa shape index (κ2) is 4.59. The van der Waals surface area contributed by atoms with Crippen LogP contribution in [0.2, 0.25) is 0 Å². The van der Waals surface area contributed by atoms with Crippen molar-refractivity contribution in [3.8, 4) is 5.75 Å². The van der Waals surface area contributed by atoms with E-state index < -0.39 is 11.1 Å². The average Bonchev–Trinajstić information content (AvgIpc) is 2.29. The van der Waals surface area contributed by atoms with Crippen LogP contribution < -0.4 is 4.74 Å². The first-order chi connectivity index (χ1) is 7.74. The molecule has 4 nitrogen and oxygen atoms in total. The van der Waals surface area contributed by atoms with E-state index in [1.54, 1.807) is 30.5 Å². The van der Waals surface area contributed by atoms with Gasteiger partial charge in [0.2, 0.25) is 0 Å². The zero-order valence-corrected chi connectivity index (χ0v) is 9.53. The normalized spacial score (nSPS) is 12.6. The van der Waals surface area contributed by atoms with Crippen molar-refractivity contribution in [2.75, 3.05) is 6.61 Å². The van der Waals surface area contributed by atoms with Crippen molar-refractivity contribution in [1.29, 1.82) is 0 Å². The van der Waals surface area contributed by atoms with E-state index in [2.05, 4.69) is 4.98 Å². The maximum atomic E-state index is 11.1. The summed E-state index contributed by atoms with van der Waals surface area (Å²) in [6, 6.07) is 6.75. The molecule has 1 atom stereocenters. The van der Waals surface area contributed by atoms with E-state index in [0.29, 0.717) is 28.2 Å². The molecule has 2 rings (SSSR count). The first-order valence-corrected chi connectivity index (χ1v) is 5.96. The molecule has 5 heteroatoms. The van der Waals surface area contributed by atoms with Crippen LogP contribution in [0.4, 0.5) is 0 Å². The lowest BCUT2D eigenvalue weighted by Crippen LogP contribution is -1.97. The number of nitrogens with zero attached hydrogens (tertiary/aromatic N) is 1. The number of benzene rings is 1. The van der Waals surface area contributed by atoms with E-state index in [9.17, 15) is 4.21 Å². The number of hydrogen-bond donors (Lipinski definition) is 1. The van der Waals surface area contributed by atoms with Gasteiger partial charge in [-0.1, -0.05) is 0 Å². The molecular weight excluding hydrogens is 226 g/mol. The topological polar surface area (TPSA) is 59.4 Å². The molecule has 0 spiro atoms. The van der Waals surface area contributed by atoms with Crippen LogP contribution in [0.3, 0.4) is 0 Å². The van der Waals surface area contributed by atoms with Gasteiger partial charge in [0.05, 0.1) is 11.5 Å². The minimum Gasteiger partial charge on any atom is -0.492 e. The van der Waals surface area contributed by atoms with Crippen LogP contribution >= 0.6 is 0 Å². The summed E-state index contributed by atoms with van der Waals surface area (Å²) in [5, 5.41) is 0.647. The van der Waals surface area contributed by atoms with Crippen LogP contribution in [0.15, 0.2) is 35.4 Å². The Kier molecular flexibility index (Phi) is 3.17. The van der Waals surface area contributed by atoms with Crippen molar-refractivity contribution < 1.29 is 13.5 Å². The molecule has 0 aliphatic rings. The predicted molar refractivity (Wildman–Crippen MR) is 61.9 cm³/mol. The summed E-state index contributed by atoms with van der Waals surface area (Å²) in [7, 11) is 0. The van der Waals surface area contributed by atoms with Gasteiger partial charge in [-0.05, 0) is 31.2 Å². The molecule has 0 radical (unpaired) electrons. The summed E-state index contributed by atoms with van der Waals surface area (Å²) in [6.07, 6.45) is 1.63. The standard InChI is InChI=1S/C11H11NO3S/c1-2-15-9-5-6-10(16(13)14)8-4-3-7-12-11(8)9/h3-7H,2H2,1H3,(H,13,14). The van der Waals surface area contributed by atoms with Crippen molar-refractivity contribution >= 4 is 22.0 Å². The van der Waals surface area contributed by atoms with E-state index in [0.717, 1.165) is 0 Å². The first kappa shape index (κ1) is 11.0. The van der Waals surface area contributed by atoms with Crippen LogP contribution in [0.5, 0.6) is 5.75 Å². The maximum Gasteiger partial charge on any atom is 0.187 e. The van der Waals surface area contributed by atoms with E-state index in [1.165, 1.54) is 0 Å². The van der Waals surface area contributed by atoms with Crippen LogP contribution in [0, 0.1) is 0 Å². The lowest BCUT2D eigenvalue weighted by molar-refractivity contribution is 0.343. The smallest absolute Gasteiger partial charge is 0.187 e. The monoisotopic (exact) mass is 237 g/mol. The summed E-state index contributed by atoms with van der Waals surface area (Å²) in [6.45, 7) is 2.42. The van der Waals surface area contributed by atoms with E-state index in [4.69, 9.17) is 9.29 Å². The second-order valence-corrected chi connectivity index (χ2v) is 4.08. The van der Waals surface area contributed by atoms with Crippen molar-refractivity contribution in [2.45, 2.75) is 11.8 Å². The summed E-state index contributed by atoms with van der Waals surface area (Å²) in [4.78, 5) is 4.53. The third-order valence-corrected chi connectivity index (χ3v) is 2.91. The molecule has 0 aliphatic carbocycles. The van der Waals surface area contributed by atoms with Crippen LogP contribution in [-0.4, -0.2) is 20.4 Å².